The number of pyridine rings is 1. The summed E-state index contributed by atoms with van der Waals surface area (Å²) in [7, 11) is -3.59. The molecule has 0 saturated carbocycles. The van der Waals surface area contributed by atoms with Crippen LogP contribution < -0.4 is 5.14 Å². The second kappa shape index (κ2) is 5.93. The van der Waals surface area contributed by atoms with Gasteiger partial charge in [0, 0.05) is 31.4 Å². The molecule has 0 saturated heterocycles. The summed E-state index contributed by atoms with van der Waals surface area (Å²) >= 11 is 0. The Morgan fingerprint density at radius 1 is 1.38 bits per heavy atom. The van der Waals surface area contributed by atoms with Crippen LogP contribution in [0.25, 0.3) is 0 Å². The van der Waals surface area contributed by atoms with E-state index >= 15 is 0 Å². The number of aromatic nitrogens is 1. The molecule has 2 N–H and O–H groups in total. The Balaban J connectivity index is 2.58. The van der Waals surface area contributed by atoms with E-state index in [-0.39, 0.29) is 0 Å². The smallest absolute Gasteiger partial charge is 0.261 e. The molecule has 0 aliphatic rings. The SMILES string of the molecule is CCCN(CCc1ccccn1)S(N)(=O)=O. The minimum absolute atomic E-state index is 0.379. The van der Waals surface area contributed by atoms with Gasteiger partial charge in [-0.2, -0.15) is 12.7 Å². The summed E-state index contributed by atoms with van der Waals surface area (Å²) in [6.45, 7) is 2.74. The van der Waals surface area contributed by atoms with Crippen LogP contribution in [0.2, 0.25) is 0 Å². The third-order valence-corrected chi connectivity index (χ3v) is 3.26. The molecule has 0 aliphatic carbocycles. The first-order valence-electron chi connectivity index (χ1n) is 5.22. The molecule has 0 fully saturated rings. The van der Waals surface area contributed by atoms with Crippen molar-refractivity contribution in [2.45, 2.75) is 19.8 Å². The van der Waals surface area contributed by atoms with Gasteiger partial charge in [-0.15, -0.1) is 0 Å². The predicted molar refractivity (Wildman–Crippen MR) is 62.9 cm³/mol. The lowest BCUT2D eigenvalue weighted by Gasteiger charge is -2.18. The van der Waals surface area contributed by atoms with E-state index in [1.54, 1.807) is 6.20 Å². The summed E-state index contributed by atoms with van der Waals surface area (Å²) in [5, 5.41) is 5.11. The molecule has 0 radical (unpaired) electrons. The number of rotatable bonds is 6. The molecule has 6 heteroatoms. The van der Waals surface area contributed by atoms with Crippen LogP contribution in [0.4, 0.5) is 0 Å². The monoisotopic (exact) mass is 243 g/mol. The van der Waals surface area contributed by atoms with Crippen molar-refractivity contribution in [1.29, 1.82) is 0 Å². The largest absolute Gasteiger partial charge is 0.276 e. The first kappa shape index (κ1) is 13.1. The highest BCUT2D eigenvalue weighted by Gasteiger charge is 2.15. The Morgan fingerprint density at radius 3 is 2.62 bits per heavy atom. The number of nitrogens with two attached hydrogens (primary N) is 1. The van der Waals surface area contributed by atoms with Gasteiger partial charge in [-0.25, -0.2) is 5.14 Å². The maximum atomic E-state index is 11.2. The normalized spacial score (nSPS) is 11.9. The lowest BCUT2D eigenvalue weighted by Crippen LogP contribution is -2.38. The summed E-state index contributed by atoms with van der Waals surface area (Å²) in [5.41, 5.74) is 0.868. The number of hydrogen-bond donors (Lipinski definition) is 1. The fourth-order valence-electron chi connectivity index (χ4n) is 1.40. The van der Waals surface area contributed by atoms with Gasteiger partial charge in [0.25, 0.3) is 10.2 Å². The van der Waals surface area contributed by atoms with Gasteiger partial charge < -0.3 is 0 Å². The second-order valence-corrected chi connectivity index (χ2v) is 5.06. The molecule has 1 aromatic rings. The van der Waals surface area contributed by atoms with Crippen molar-refractivity contribution < 1.29 is 8.42 Å². The van der Waals surface area contributed by atoms with Crippen LogP contribution in [0, 0.1) is 0 Å². The van der Waals surface area contributed by atoms with E-state index in [0.29, 0.717) is 19.5 Å². The van der Waals surface area contributed by atoms with Crippen molar-refractivity contribution in [2.75, 3.05) is 13.1 Å². The maximum Gasteiger partial charge on any atom is 0.276 e. The van der Waals surface area contributed by atoms with E-state index in [1.165, 1.54) is 4.31 Å². The second-order valence-electron chi connectivity index (χ2n) is 3.52. The fourth-order valence-corrected chi connectivity index (χ4v) is 2.18. The van der Waals surface area contributed by atoms with Crippen molar-refractivity contribution in [3.8, 4) is 0 Å². The minimum Gasteiger partial charge on any atom is -0.261 e. The van der Waals surface area contributed by atoms with Crippen molar-refractivity contribution in [3.63, 3.8) is 0 Å². The molecule has 0 atom stereocenters. The molecule has 0 unspecified atom stereocenters. The van der Waals surface area contributed by atoms with E-state index in [9.17, 15) is 8.42 Å². The summed E-state index contributed by atoms with van der Waals surface area (Å²) < 4.78 is 23.7. The van der Waals surface area contributed by atoms with E-state index in [1.807, 2.05) is 25.1 Å². The van der Waals surface area contributed by atoms with Gasteiger partial charge in [0.15, 0.2) is 0 Å². The molecule has 1 rings (SSSR count). The summed E-state index contributed by atoms with van der Waals surface area (Å²) in [6.07, 6.45) is 3.02. The number of nitrogens with zero attached hydrogens (tertiary/aromatic N) is 2. The maximum absolute atomic E-state index is 11.2. The van der Waals surface area contributed by atoms with Gasteiger partial charge in [0.1, 0.15) is 0 Å². The van der Waals surface area contributed by atoms with E-state index in [4.69, 9.17) is 5.14 Å². The zero-order valence-corrected chi connectivity index (χ0v) is 10.2. The molecule has 1 heterocycles. The Morgan fingerprint density at radius 2 is 2.12 bits per heavy atom. The lowest BCUT2D eigenvalue weighted by molar-refractivity contribution is 0.413. The van der Waals surface area contributed by atoms with Gasteiger partial charge >= 0.3 is 0 Å². The molecular formula is C10H17N3O2S. The third kappa shape index (κ3) is 4.26. The topological polar surface area (TPSA) is 76.3 Å². The van der Waals surface area contributed by atoms with Crippen molar-refractivity contribution >= 4 is 10.2 Å². The molecular weight excluding hydrogens is 226 g/mol. The Kier molecular flexibility index (Phi) is 4.85. The van der Waals surface area contributed by atoms with E-state index in [2.05, 4.69) is 4.98 Å². The molecule has 0 aromatic carbocycles. The van der Waals surface area contributed by atoms with E-state index in [0.717, 1.165) is 12.1 Å². The van der Waals surface area contributed by atoms with E-state index < -0.39 is 10.2 Å². The zero-order valence-electron chi connectivity index (χ0n) is 9.33. The molecule has 0 amide bonds. The summed E-state index contributed by atoms with van der Waals surface area (Å²) in [5.74, 6) is 0. The first-order chi connectivity index (χ1) is 7.54. The van der Waals surface area contributed by atoms with Gasteiger partial charge in [-0.1, -0.05) is 13.0 Å². The summed E-state index contributed by atoms with van der Waals surface area (Å²) in [6, 6.07) is 5.57. The molecule has 16 heavy (non-hydrogen) atoms. The van der Waals surface area contributed by atoms with Gasteiger partial charge in [0.05, 0.1) is 0 Å². The van der Waals surface area contributed by atoms with Crippen molar-refractivity contribution in [3.05, 3.63) is 30.1 Å². The third-order valence-electron chi connectivity index (χ3n) is 2.18. The van der Waals surface area contributed by atoms with Gasteiger partial charge in [0.2, 0.25) is 0 Å². The highest BCUT2D eigenvalue weighted by molar-refractivity contribution is 7.86. The Labute approximate surface area is 96.5 Å². The molecule has 90 valence electrons. The average molecular weight is 243 g/mol. The van der Waals surface area contributed by atoms with Gasteiger partial charge in [-0.05, 0) is 18.6 Å². The molecule has 0 aliphatic heterocycles. The Bertz CT molecular complexity index is 405. The van der Waals surface area contributed by atoms with Crippen molar-refractivity contribution in [1.82, 2.24) is 9.29 Å². The Hall–Kier alpha value is -0.980. The van der Waals surface area contributed by atoms with Crippen LogP contribution in [-0.4, -0.2) is 30.8 Å². The van der Waals surface area contributed by atoms with Crippen LogP contribution in [-0.2, 0) is 16.6 Å². The molecule has 0 bridgehead atoms. The average Bonchev–Trinajstić information content (AvgIpc) is 2.24. The first-order valence-corrected chi connectivity index (χ1v) is 6.72. The van der Waals surface area contributed by atoms with Crippen LogP contribution in [0.15, 0.2) is 24.4 Å². The summed E-state index contributed by atoms with van der Waals surface area (Å²) in [4.78, 5) is 4.13. The highest BCUT2D eigenvalue weighted by Crippen LogP contribution is 2.01. The fraction of sp³-hybridized carbons (Fsp3) is 0.500. The van der Waals surface area contributed by atoms with Crippen LogP contribution >= 0.6 is 0 Å². The highest BCUT2D eigenvalue weighted by atomic mass is 32.2. The lowest BCUT2D eigenvalue weighted by atomic mass is 10.3. The zero-order chi connectivity index (χ0) is 12.0. The standard InChI is InChI=1S/C10H17N3O2S/c1-2-8-13(16(11,14)15)9-6-10-5-3-4-7-12-10/h3-5,7H,2,6,8-9H2,1H3,(H2,11,14,15). The van der Waals surface area contributed by atoms with Crippen LogP contribution in [0.1, 0.15) is 19.0 Å². The quantitative estimate of drug-likeness (QED) is 0.792. The number of hydrogen-bond acceptors (Lipinski definition) is 3. The van der Waals surface area contributed by atoms with Gasteiger partial charge in [-0.3, -0.25) is 4.98 Å². The molecule has 1 aromatic heterocycles. The van der Waals surface area contributed by atoms with Crippen LogP contribution in [0.5, 0.6) is 0 Å². The van der Waals surface area contributed by atoms with Crippen LogP contribution in [0.3, 0.4) is 0 Å². The molecule has 0 spiro atoms. The van der Waals surface area contributed by atoms with Crippen molar-refractivity contribution in [2.24, 2.45) is 5.14 Å². The predicted octanol–water partition coefficient (Wildman–Crippen LogP) is 0.540. The molecule has 5 nitrogen and oxygen atoms in total. The minimum atomic E-state index is -3.59.